The minimum atomic E-state index is -2.23. The number of rotatable bonds is 5. The van der Waals surface area contributed by atoms with Gasteiger partial charge in [0.2, 0.25) is 0 Å². The van der Waals surface area contributed by atoms with Crippen LogP contribution in [0.3, 0.4) is 0 Å². The van der Waals surface area contributed by atoms with Gasteiger partial charge in [0.15, 0.2) is 0 Å². The Labute approximate surface area is 159 Å². The maximum absolute atomic E-state index is 9.91. The van der Waals surface area contributed by atoms with Gasteiger partial charge in [-0.25, -0.2) is 0 Å². The molecule has 0 fully saturated rings. The van der Waals surface area contributed by atoms with Crippen LogP contribution in [0, 0.1) is 0 Å². The van der Waals surface area contributed by atoms with Crippen LogP contribution in [0.1, 0.15) is 11.1 Å². The van der Waals surface area contributed by atoms with Gasteiger partial charge in [0, 0.05) is 17.7 Å². The van der Waals surface area contributed by atoms with Crippen molar-refractivity contribution in [3.05, 3.63) is 77.9 Å². The van der Waals surface area contributed by atoms with E-state index in [4.69, 9.17) is 4.43 Å². The average Bonchev–Trinajstić information content (AvgIpc) is 2.61. The second-order valence-corrected chi connectivity index (χ2v) is 10.6. The van der Waals surface area contributed by atoms with E-state index in [2.05, 4.69) is 25.2 Å². The molecule has 3 rings (SSSR count). The first kappa shape index (κ1) is 18.6. The van der Waals surface area contributed by atoms with E-state index >= 15 is 0 Å². The summed E-state index contributed by atoms with van der Waals surface area (Å²) in [5.74, 6) is 0.718. The fraction of sp³-hybridized carbons (Fsp3) is 0.0909. The summed E-state index contributed by atoms with van der Waals surface area (Å²) in [6, 6.07) is 19.4. The normalized spacial score (nSPS) is 11.6. The molecule has 0 heterocycles. The molecule has 0 unspecified atom stereocenters. The highest BCUT2D eigenvalue weighted by Crippen LogP contribution is 2.29. The zero-order valence-electron chi connectivity index (χ0n) is 15.3. The van der Waals surface area contributed by atoms with Crippen LogP contribution >= 0.6 is 0 Å². The van der Waals surface area contributed by atoms with Gasteiger partial charge in [0.1, 0.15) is 23.0 Å². The van der Waals surface area contributed by atoms with Crippen LogP contribution in [-0.2, 0) is 0 Å². The fourth-order valence-electron chi connectivity index (χ4n) is 2.82. The third-order valence-corrected chi connectivity index (χ3v) is 6.67. The highest BCUT2D eigenvalue weighted by atomic mass is 28.4. The molecule has 0 bridgehead atoms. The maximum Gasteiger partial charge on any atom is 0.276 e. The summed E-state index contributed by atoms with van der Waals surface area (Å²) in [7, 11) is -2.23. The van der Waals surface area contributed by atoms with Crippen molar-refractivity contribution in [3.8, 4) is 23.0 Å². The SMILES string of the molecule is C[Si](C)(Oc1cc(O)ccc1/C=C/c1cc(O)cc(O)c1)c1ccccc1. The fourth-order valence-corrected chi connectivity index (χ4v) is 4.66. The predicted molar refractivity (Wildman–Crippen MR) is 111 cm³/mol. The molecule has 0 saturated carbocycles. The lowest BCUT2D eigenvalue weighted by Gasteiger charge is -2.25. The molecule has 0 aliphatic carbocycles. The zero-order chi connectivity index (χ0) is 19.4. The molecule has 27 heavy (non-hydrogen) atoms. The third kappa shape index (κ3) is 4.71. The zero-order valence-corrected chi connectivity index (χ0v) is 16.3. The first-order valence-corrected chi connectivity index (χ1v) is 11.5. The van der Waals surface area contributed by atoms with Crippen LogP contribution < -0.4 is 9.61 Å². The number of hydrogen-bond acceptors (Lipinski definition) is 4. The summed E-state index contributed by atoms with van der Waals surface area (Å²) >= 11 is 0. The molecule has 138 valence electrons. The van der Waals surface area contributed by atoms with Crippen molar-refractivity contribution in [3.63, 3.8) is 0 Å². The lowest BCUT2D eigenvalue weighted by molar-refractivity contribution is 0.450. The minimum absolute atomic E-state index is 0.00514. The number of benzene rings is 3. The van der Waals surface area contributed by atoms with Gasteiger partial charge in [-0.1, -0.05) is 42.5 Å². The number of hydrogen-bond donors (Lipinski definition) is 3. The second-order valence-electron chi connectivity index (χ2n) is 6.82. The van der Waals surface area contributed by atoms with Crippen LogP contribution in [0.5, 0.6) is 23.0 Å². The summed E-state index contributed by atoms with van der Waals surface area (Å²) in [5.41, 5.74) is 1.46. The van der Waals surface area contributed by atoms with Crippen molar-refractivity contribution in [2.24, 2.45) is 0 Å². The topological polar surface area (TPSA) is 69.9 Å². The Bertz CT molecular complexity index is 945. The van der Waals surface area contributed by atoms with Crippen LogP contribution in [-0.4, -0.2) is 23.6 Å². The molecule has 0 radical (unpaired) electrons. The van der Waals surface area contributed by atoms with E-state index in [0.717, 1.165) is 10.8 Å². The van der Waals surface area contributed by atoms with Crippen LogP contribution in [0.15, 0.2) is 66.7 Å². The maximum atomic E-state index is 9.91. The molecule has 0 aliphatic rings. The summed E-state index contributed by atoms with van der Waals surface area (Å²) in [4.78, 5) is 0. The van der Waals surface area contributed by atoms with E-state index in [0.29, 0.717) is 11.3 Å². The molecule has 3 aromatic carbocycles. The molecular formula is C22H22O4Si. The summed E-state index contributed by atoms with van der Waals surface area (Å²) in [6.07, 6.45) is 3.61. The van der Waals surface area contributed by atoms with Gasteiger partial charge in [0.25, 0.3) is 8.32 Å². The van der Waals surface area contributed by atoms with Gasteiger partial charge in [-0.3, -0.25) is 0 Å². The quantitative estimate of drug-likeness (QED) is 0.453. The summed E-state index contributed by atoms with van der Waals surface area (Å²) < 4.78 is 6.36. The monoisotopic (exact) mass is 378 g/mol. The van der Waals surface area contributed by atoms with Gasteiger partial charge in [0.05, 0.1) is 0 Å². The van der Waals surface area contributed by atoms with Crippen molar-refractivity contribution in [1.29, 1.82) is 0 Å². The van der Waals surface area contributed by atoms with E-state index in [1.54, 1.807) is 36.4 Å². The first-order valence-electron chi connectivity index (χ1n) is 8.62. The molecule has 3 aromatic rings. The Hall–Kier alpha value is -3.18. The van der Waals surface area contributed by atoms with E-state index in [1.807, 2.05) is 24.3 Å². The van der Waals surface area contributed by atoms with Gasteiger partial charge >= 0.3 is 0 Å². The summed E-state index contributed by atoms with van der Waals surface area (Å²) in [6.45, 7) is 4.21. The molecule has 0 saturated heterocycles. The Balaban J connectivity index is 1.92. The number of aromatic hydroxyl groups is 3. The van der Waals surface area contributed by atoms with Crippen molar-refractivity contribution < 1.29 is 19.7 Å². The molecule has 0 atom stereocenters. The highest BCUT2D eigenvalue weighted by Gasteiger charge is 2.27. The van der Waals surface area contributed by atoms with Crippen molar-refractivity contribution in [1.82, 2.24) is 0 Å². The van der Waals surface area contributed by atoms with Crippen molar-refractivity contribution in [2.45, 2.75) is 13.1 Å². The first-order chi connectivity index (χ1) is 12.8. The Morgan fingerprint density at radius 1 is 0.741 bits per heavy atom. The predicted octanol–water partition coefficient (Wildman–Crippen LogP) is 4.46. The summed E-state index contributed by atoms with van der Waals surface area (Å²) in [5, 5.41) is 30.3. The molecule has 0 aliphatic heterocycles. The number of phenolic OH excluding ortho intramolecular Hbond substituents is 3. The van der Waals surface area contributed by atoms with E-state index in [1.165, 1.54) is 6.07 Å². The van der Waals surface area contributed by atoms with E-state index in [-0.39, 0.29) is 17.2 Å². The van der Waals surface area contributed by atoms with Crippen molar-refractivity contribution in [2.75, 3.05) is 0 Å². The van der Waals surface area contributed by atoms with Gasteiger partial charge < -0.3 is 19.7 Å². The molecule has 0 spiro atoms. The Morgan fingerprint density at radius 2 is 1.41 bits per heavy atom. The molecule has 3 N–H and O–H groups in total. The standard InChI is InChI=1S/C22H22O4Si/c1-27(2,21-6-4-3-5-7-21)26-22-15-18(23)11-10-17(22)9-8-16-12-19(24)14-20(25)13-16/h3-15,23-25H,1-2H3/b9-8+. The largest absolute Gasteiger partial charge is 0.539 e. The second kappa shape index (κ2) is 7.59. The molecule has 4 nitrogen and oxygen atoms in total. The van der Waals surface area contributed by atoms with E-state index < -0.39 is 8.32 Å². The van der Waals surface area contributed by atoms with E-state index in [9.17, 15) is 15.3 Å². The van der Waals surface area contributed by atoms with Gasteiger partial charge in [-0.05, 0) is 48.1 Å². The van der Waals surface area contributed by atoms with Gasteiger partial charge in [-0.15, -0.1) is 0 Å². The molecule has 0 aromatic heterocycles. The lowest BCUT2D eigenvalue weighted by atomic mass is 10.1. The molecule has 0 amide bonds. The Kier molecular flexibility index (Phi) is 5.23. The van der Waals surface area contributed by atoms with Crippen LogP contribution in [0.2, 0.25) is 13.1 Å². The minimum Gasteiger partial charge on any atom is -0.539 e. The number of phenols is 3. The van der Waals surface area contributed by atoms with Gasteiger partial charge in [-0.2, -0.15) is 0 Å². The van der Waals surface area contributed by atoms with Crippen molar-refractivity contribution >= 4 is 25.7 Å². The highest BCUT2D eigenvalue weighted by molar-refractivity contribution is 6.85. The van der Waals surface area contributed by atoms with Crippen LogP contribution in [0.4, 0.5) is 0 Å². The third-order valence-electron chi connectivity index (χ3n) is 4.21. The lowest BCUT2D eigenvalue weighted by Crippen LogP contribution is -2.47. The molecule has 5 heteroatoms. The van der Waals surface area contributed by atoms with Crippen LogP contribution in [0.25, 0.3) is 12.2 Å². The molecular weight excluding hydrogens is 356 g/mol. The smallest absolute Gasteiger partial charge is 0.276 e. The average molecular weight is 379 g/mol. The Morgan fingerprint density at radius 3 is 2.07 bits per heavy atom.